The molecule has 10 heteroatoms. The van der Waals surface area contributed by atoms with E-state index in [0.29, 0.717) is 18.7 Å². The summed E-state index contributed by atoms with van der Waals surface area (Å²) in [6.07, 6.45) is 0.873. The van der Waals surface area contributed by atoms with Gasteiger partial charge in [-0.3, -0.25) is 9.69 Å². The summed E-state index contributed by atoms with van der Waals surface area (Å²) < 4.78 is 28.3. The maximum Gasteiger partial charge on any atom is 0.256 e. The van der Waals surface area contributed by atoms with Crippen molar-refractivity contribution < 1.29 is 13.2 Å². The Morgan fingerprint density at radius 3 is 2.38 bits per heavy atom. The summed E-state index contributed by atoms with van der Waals surface area (Å²) in [6, 6.07) is 24.8. The van der Waals surface area contributed by atoms with Gasteiger partial charge >= 0.3 is 0 Å². The van der Waals surface area contributed by atoms with Crippen LogP contribution in [0.25, 0.3) is 20.8 Å². The highest BCUT2D eigenvalue weighted by Crippen LogP contribution is 2.46. The molecule has 0 unspecified atom stereocenters. The minimum absolute atomic E-state index is 0.183. The minimum atomic E-state index is -3.60. The van der Waals surface area contributed by atoms with Gasteiger partial charge in [0, 0.05) is 48.7 Å². The molecule has 0 saturated heterocycles. The number of amides is 1. The predicted molar refractivity (Wildman–Crippen MR) is 172 cm³/mol. The number of nitrogens with one attached hydrogen (secondary N) is 1. The molecule has 7 nitrogen and oxygen atoms in total. The van der Waals surface area contributed by atoms with E-state index < -0.39 is 10.0 Å². The number of hydrogen-bond donors (Lipinski definition) is 1. The van der Waals surface area contributed by atoms with Crippen LogP contribution < -0.4 is 5.32 Å². The van der Waals surface area contributed by atoms with E-state index >= 15 is 0 Å². The van der Waals surface area contributed by atoms with Crippen molar-refractivity contribution in [1.29, 1.82) is 0 Å². The van der Waals surface area contributed by atoms with E-state index in [0.717, 1.165) is 51.8 Å². The number of para-hydroxylation sites is 1. The first-order valence-corrected chi connectivity index (χ1v) is 17.1. The summed E-state index contributed by atoms with van der Waals surface area (Å²) in [5, 5.41) is 4.85. The van der Waals surface area contributed by atoms with E-state index in [4.69, 9.17) is 4.98 Å². The molecule has 5 aromatic rings. The van der Waals surface area contributed by atoms with Crippen LogP contribution in [0.4, 0.5) is 5.00 Å². The molecule has 2 aromatic heterocycles. The molecule has 3 aromatic carbocycles. The Balaban J connectivity index is 1.31. The summed E-state index contributed by atoms with van der Waals surface area (Å²) in [5.41, 5.74) is 4.88. The van der Waals surface area contributed by atoms with Crippen LogP contribution in [0, 0.1) is 0 Å². The van der Waals surface area contributed by atoms with Crippen LogP contribution in [0.1, 0.15) is 40.2 Å². The van der Waals surface area contributed by atoms with Crippen LogP contribution in [0.15, 0.2) is 83.8 Å². The van der Waals surface area contributed by atoms with Gasteiger partial charge in [-0.15, -0.1) is 22.7 Å². The highest BCUT2D eigenvalue weighted by molar-refractivity contribution is 7.89. The molecule has 0 radical (unpaired) electrons. The highest BCUT2D eigenvalue weighted by atomic mass is 32.2. The lowest BCUT2D eigenvalue weighted by molar-refractivity contribution is 0.102. The number of aromatic nitrogens is 1. The standard InChI is InChI=1S/C32H32N4O3S3/c1-3-36(4-2)42(38,39)24-16-14-23(15-17-24)30(37)34-32-29(31-33-26-12-8-9-13-27(26)40-31)25-18-19-35(21-28(25)41-32)20-22-10-6-5-7-11-22/h5-17H,3-4,18-21H2,1-2H3,(H,34,37). The van der Waals surface area contributed by atoms with Crippen molar-refractivity contribution in [2.45, 2.75) is 38.3 Å². The van der Waals surface area contributed by atoms with Gasteiger partial charge in [0.05, 0.1) is 15.1 Å². The van der Waals surface area contributed by atoms with Gasteiger partial charge in [0.1, 0.15) is 10.0 Å². The molecule has 0 bridgehead atoms. The Morgan fingerprint density at radius 1 is 0.952 bits per heavy atom. The van der Waals surface area contributed by atoms with Crippen LogP contribution in [0.2, 0.25) is 0 Å². The second kappa shape index (κ2) is 12.1. The molecule has 0 spiro atoms. The van der Waals surface area contributed by atoms with Gasteiger partial charge in [-0.05, 0) is 53.9 Å². The van der Waals surface area contributed by atoms with Gasteiger partial charge in [0.25, 0.3) is 5.91 Å². The fraction of sp³-hybridized carbons (Fsp3) is 0.250. The molecule has 1 aliphatic rings. The monoisotopic (exact) mass is 616 g/mol. The molecule has 1 amide bonds. The molecular weight excluding hydrogens is 585 g/mol. The summed E-state index contributed by atoms with van der Waals surface area (Å²) >= 11 is 3.25. The normalized spacial score (nSPS) is 13.9. The second-order valence-corrected chi connectivity index (χ2v) is 14.3. The molecular formula is C32H32N4O3S3. The third-order valence-electron chi connectivity index (χ3n) is 7.58. The van der Waals surface area contributed by atoms with E-state index in [-0.39, 0.29) is 10.8 Å². The Morgan fingerprint density at radius 2 is 1.67 bits per heavy atom. The first kappa shape index (κ1) is 28.7. The topological polar surface area (TPSA) is 82.6 Å². The van der Waals surface area contributed by atoms with Crippen LogP contribution in [-0.2, 0) is 29.5 Å². The zero-order valence-corrected chi connectivity index (χ0v) is 26.0. The van der Waals surface area contributed by atoms with Crippen LogP contribution in [0.5, 0.6) is 0 Å². The molecule has 6 rings (SSSR count). The minimum Gasteiger partial charge on any atom is -0.313 e. The van der Waals surface area contributed by atoms with Crippen LogP contribution >= 0.6 is 22.7 Å². The van der Waals surface area contributed by atoms with Crippen molar-refractivity contribution in [3.8, 4) is 10.6 Å². The number of rotatable bonds is 9. The molecule has 1 N–H and O–H groups in total. The van der Waals surface area contributed by atoms with Crippen LogP contribution in [0.3, 0.4) is 0 Å². The van der Waals surface area contributed by atoms with Crippen molar-refractivity contribution in [2.75, 3.05) is 25.0 Å². The van der Waals surface area contributed by atoms with E-state index in [1.807, 2.05) is 38.1 Å². The number of carbonyl (C=O) groups excluding carboxylic acids is 1. The van der Waals surface area contributed by atoms with E-state index in [9.17, 15) is 13.2 Å². The third kappa shape index (κ3) is 5.65. The average Bonchev–Trinajstić information content (AvgIpc) is 3.58. The quantitative estimate of drug-likeness (QED) is 0.196. The van der Waals surface area contributed by atoms with Gasteiger partial charge in [0.2, 0.25) is 10.0 Å². The zero-order valence-electron chi connectivity index (χ0n) is 23.5. The average molecular weight is 617 g/mol. The van der Waals surface area contributed by atoms with Crippen molar-refractivity contribution >= 4 is 53.8 Å². The molecule has 42 heavy (non-hydrogen) atoms. The zero-order chi connectivity index (χ0) is 29.3. The van der Waals surface area contributed by atoms with Crippen molar-refractivity contribution in [2.24, 2.45) is 0 Å². The SMILES string of the molecule is CCN(CC)S(=O)(=O)c1ccc(C(=O)Nc2sc3c(c2-c2nc4ccccc4s2)CCN(Cc2ccccc2)C3)cc1. The van der Waals surface area contributed by atoms with E-state index in [2.05, 4.69) is 40.5 Å². The van der Waals surface area contributed by atoms with Crippen molar-refractivity contribution in [3.05, 3.63) is 100 Å². The number of carbonyl (C=O) groups is 1. The lowest BCUT2D eigenvalue weighted by Crippen LogP contribution is -2.30. The second-order valence-electron chi connectivity index (χ2n) is 10.2. The van der Waals surface area contributed by atoms with Gasteiger partial charge in [-0.2, -0.15) is 4.31 Å². The third-order valence-corrected chi connectivity index (χ3v) is 11.8. The summed E-state index contributed by atoms with van der Waals surface area (Å²) in [7, 11) is -3.60. The summed E-state index contributed by atoms with van der Waals surface area (Å²) in [4.78, 5) is 22.3. The van der Waals surface area contributed by atoms with Crippen LogP contribution in [-0.4, -0.2) is 48.1 Å². The first-order chi connectivity index (χ1) is 20.4. The Hall–Kier alpha value is -3.41. The molecule has 0 fully saturated rings. The largest absolute Gasteiger partial charge is 0.313 e. The lowest BCUT2D eigenvalue weighted by Gasteiger charge is -2.27. The number of fused-ring (bicyclic) bond motifs is 2. The molecule has 3 heterocycles. The maximum atomic E-state index is 13.5. The number of anilines is 1. The number of nitrogens with zero attached hydrogens (tertiary/aromatic N) is 3. The molecule has 0 saturated carbocycles. The molecule has 0 aliphatic carbocycles. The van der Waals surface area contributed by atoms with Gasteiger partial charge in [-0.1, -0.05) is 56.3 Å². The number of benzene rings is 3. The summed E-state index contributed by atoms with van der Waals surface area (Å²) in [6.45, 7) is 7.01. The number of hydrogen-bond acceptors (Lipinski definition) is 7. The first-order valence-electron chi connectivity index (χ1n) is 14.1. The molecule has 1 aliphatic heterocycles. The lowest BCUT2D eigenvalue weighted by atomic mass is 10.0. The van der Waals surface area contributed by atoms with E-state index in [1.54, 1.807) is 34.8 Å². The fourth-order valence-corrected chi connectivity index (χ4v) is 9.25. The van der Waals surface area contributed by atoms with Crippen molar-refractivity contribution in [3.63, 3.8) is 0 Å². The van der Waals surface area contributed by atoms with E-state index in [1.165, 1.54) is 32.4 Å². The predicted octanol–water partition coefficient (Wildman–Crippen LogP) is 6.87. The van der Waals surface area contributed by atoms with Crippen molar-refractivity contribution in [1.82, 2.24) is 14.2 Å². The molecule has 0 atom stereocenters. The number of sulfonamides is 1. The maximum absolute atomic E-state index is 13.5. The Kier molecular flexibility index (Phi) is 8.24. The fourth-order valence-electron chi connectivity index (χ4n) is 5.39. The van der Waals surface area contributed by atoms with Gasteiger partial charge in [-0.25, -0.2) is 13.4 Å². The summed E-state index contributed by atoms with van der Waals surface area (Å²) in [5.74, 6) is -0.274. The highest BCUT2D eigenvalue weighted by Gasteiger charge is 2.28. The van der Waals surface area contributed by atoms with Gasteiger partial charge < -0.3 is 5.32 Å². The number of thiophene rings is 1. The smallest absolute Gasteiger partial charge is 0.256 e. The Labute approximate surface area is 254 Å². The van der Waals surface area contributed by atoms with Gasteiger partial charge in [0.15, 0.2) is 0 Å². The Bertz CT molecular complexity index is 1790. The number of thiazole rings is 1. The molecule has 216 valence electrons.